The Labute approximate surface area is 162 Å². The van der Waals surface area contributed by atoms with E-state index in [4.69, 9.17) is 0 Å². The van der Waals surface area contributed by atoms with Crippen molar-refractivity contribution in [2.24, 2.45) is 0 Å². The van der Waals surface area contributed by atoms with E-state index in [2.05, 4.69) is 20.3 Å². The zero-order valence-electron chi connectivity index (χ0n) is 13.9. The fourth-order valence-electron chi connectivity index (χ4n) is 2.74. The lowest BCUT2D eigenvalue weighted by molar-refractivity contribution is 0.102. The predicted octanol–water partition coefficient (Wildman–Crippen LogP) is 5.22. The van der Waals surface area contributed by atoms with Crippen molar-refractivity contribution in [3.05, 3.63) is 71.9 Å². The van der Waals surface area contributed by atoms with Crippen molar-refractivity contribution in [1.29, 1.82) is 0 Å². The molecule has 2 aromatic carbocycles. The van der Waals surface area contributed by atoms with E-state index >= 15 is 0 Å². The molecule has 0 saturated carbocycles. The number of aromatic nitrogens is 3. The minimum absolute atomic E-state index is 0.201. The number of nitrogens with one attached hydrogen (secondary N) is 1. The van der Waals surface area contributed by atoms with Crippen LogP contribution in [0, 0.1) is 0 Å². The van der Waals surface area contributed by atoms with Gasteiger partial charge in [-0.15, -0.1) is 11.3 Å². The Morgan fingerprint density at radius 3 is 2.48 bits per heavy atom. The van der Waals surface area contributed by atoms with E-state index in [-0.39, 0.29) is 5.91 Å². The number of amides is 1. The monoisotopic (exact) mass is 388 g/mol. The number of pyridine rings is 1. The summed E-state index contributed by atoms with van der Waals surface area (Å²) in [5.41, 5.74) is 3.45. The average molecular weight is 388 g/mol. The Hall–Kier alpha value is -3.16. The Balaban J connectivity index is 1.37. The van der Waals surface area contributed by atoms with Crippen molar-refractivity contribution in [3.63, 3.8) is 0 Å². The van der Waals surface area contributed by atoms with Gasteiger partial charge >= 0.3 is 0 Å². The maximum atomic E-state index is 12.5. The molecule has 0 radical (unpaired) electrons. The lowest BCUT2D eigenvalue weighted by Crippen LogP contribution is -2.11. The molecule has 5 nitrogen and oxygen atoms in total. The molecule has 0 saturated heterocycles. The van der Waals surface area contributed by atoms with Gasteiger partial charge in [-0.25, -0.2) is 15.0 Å². The molecule has 1 N–H and O–H groups in total. The smallest absolute Gasteiger partial charge is 0.284 e. The second-order valence-electron chi connectivity index (χ2n) is 5.86. The van der Waals surface area contributed by atoms with E-state index in [0.29, 0.717) is 5.01 Å². The van der Waals surface area contributed by atoms with E-state index < -0.39 is 0 Å². The van der Waals surface area contributed by atoms with Crippen molar-refractivity contribution in [2.45, 2.75) is 0 Å². The summed E-state index contributed by atoms with van der Waals surface area (Å²) in [4.78, 5) is 26.7. The van der Waals surface area contributed by atoms with Crippen LogP contribution in [0.2, 0.25) is 0 Å². The maximum Gasteiger partial charge on any atom is 0.284 e. The van der Waals surface area contributed by atoms with E-state index in [1.807, 2.05) is 60.7 Å². The zero-order valence-corrected chi connectivity index (χ0v) is 15.6. The third kappa shape index (κ3) is 3.07. The van der Waals surface area contributed by atoms with E-state index in [1.54, 1.807) is 17.5 Å². The number of fused-ring (bicyclic) bond motifs is 2. The summed E-state index contributed by atoms with van der Waals surface area (Å²) in [6.45, 7) is 0. The number of nitrogens with zero attached hydrogens (tertiary/aromatic N) is 3. The van der Waals surface area contributed by atoms with Gasteiger partial charge in [0.05, 0.1) is 10.2 Å². The summed E-state index contributed by atoms with van der Waals surface area (Å²) in [5.74, 6) is -0.201. The molecule has 0 bridgehead atoms. The molecule has 0 fully saturated rings. The molecule has 0 aliphatic heterocycles. The van der Waals surface area contributed by atoms with Gasteiger partial charge in [0.2, 0.25) is 0 Å². The molecule has 1 amide bonds. The number of anilines is 1. The lowest BCUT2D eigenvalue weighted by atomic mass is 10.2. The van der Waals surface area contributed by atoms with E-state index in [0.717, 1.165) is 36.8 Å². The molecule has 7 heteroatoms. The lowest BCUT2D eigenvalue weighted by Gasteiger charge is -2.03. The van der Waals surface area contributed by atoms with Crippen LogP contribution in [-0.2, 0) is 0 Å². The highest BCUT2D eigenvalue weighted by molar-refractivity contribution is 7.21. The molecular weight excluding hydrogens is 376 g/mol. The number of rotatable bonds is 3. The van der Waals surface area contributed by atoms with Gasteiger partial charge in [0.25, 0.3) is 5.91 Å². The molecule has 130 valence electrons. The number of carbonyl (C=O) groups is 1. The highest BCUT2D eigenvalue weighted by Gasteiger charge is 2.13. The molecule has 0 atom stereocenters. The SMILES string of the molecule is O=C(Nc1ccc(-c2nc3cccnc3s2)cc1)c1nc2ccccc2s1. The van der Waals surface area contributed by atoms with E-state index in [1.165, 1.54) is 11.3 Å². The molecule has 3 aromatic heterocycles. The van der Waals surface area contributed by atoms with Crippen LogP contribution < -0.4 is 5.32 Å². The summed E-state index contributed by atoms with van der Waals surface area (Å²) in [7, 11) is 0. The Kier molecular flexibility index (Phi) is 3.88. The summed E-state index contributed by atoms with van der Waals surface area (Å²) in [5, 5.41) is 4.27. The minimum atomic E-state index is -0.201. The van der Waals surface area contributed by atoms with Crippen molar-refractivity contribution in [1.82, 2.24) is 15.0 Å². The van der Waals surface area contributed by atoms with Crippen LogP contribution >= 0.6 is 22.7 Å². The summed E-state index contributed by atoms with van der Waals surface area (Å²) >= 11 is 2.94. The first-order valence-electron chi connectivity index (χ1n) is 8.25. The largest absolute Gasteiger partial charge is 0.320 e. The second kappa shape index (κ2) is 6.53. The summed E-state index contributed by atoms with van der Waals surface area (Å²) in [6.07, 6.45) is 1.77. The van der Waals surface area contributed by atoms with Crippen molar-refractivity contribution >= 4 is 54.8 Å². The maximum absolute atomic E-state index is 12.5. The van der Waals surface area contributed by atoms with Gasteiger partial charge in [-0.1, -0.05) is 23.5 Å². The number of hydrogen-bond acceptors (Lipinski definition) is 6. The third-order valence-electron chi connectivity index (χ3n) is 4.04. The number of para-hydroxylation sites is 1. The van der Waals surface area contributed by atoms with Crippen LogP contribution in [0.1, 0.15) is 9.80 Å². The zero-order chi connectivity index (χ0) is 18.2. The second-order valence-corrected chi connectivity index (χ2v) is 7.87. The van der Waals surface area contributed by atoms with Crippen LogP contribution in [0.15, 0.2) is 66.9 Å². The van der Waals surface area contributed by atoms with Gasteiger partial charge < -0.3 is 5.32 Å². The fourth-order valence-corrected chi connectivity index (χ4v) is 4.52. The van der Waals surface area contributed by atoms with Crippen molar-refractivity contribution < 1.29 is 4.79 Å². The van der Waals surface area contributed by atoms with E-state index in [9.17, 15) is 4.79 Å². The molecule has 5 aromatic rings. The third-order valence-corrected chi connectivity index (χ3v) is 6.11. The summed E-state index contributed by atoms with van der Waals surface area (Å²) < 4.78 is 1.00. The van der Waals surface area contributed by atoms with Gasteiger partial charge in [0, 0.05) is 17.4 Å². The van der Waals surface area contributed by atoms with Gasteiger partial charge in [-0.05, 0) is 48.5 Å². The quantitative estimate of drug-likeness (QED) is 0.460. The normalized spacial score (nSPS) is 11.1. The Morgan fingerprint density at radius 1 is 0.852 bits per heavy atom. The number of thiazole rings is 2. The highest BCUT2D eigenvalue weighted by atomic mass is 32.1. The molecule has 0 aliphatic rings. The van der Waals surface area contributed by atoms with Crippen LogP contribution in [0.4, 0.5) is 5.69 Å². The molecule has 27 heavy (non-hydrogen) atoms. The molecule has 0 aliphatic carbocycles. The van der Waals surface area contributed by atoms with Gasteiger partial charge in [0.1, 0.15) is 15.4 Å². The predicted molar refractivity (Wildman–Crippen MR) is 110 cm³/mol. The minimum Gasteiger partial charge on any atom is -0.320 e. The average Bonchev–Trinajstić information content (AvgIpc) is 3.32. The Morgan fingerprint density at radius 2 is 1.67 bits per heavy atom. The van der Waals surface area contributed by atoms with Crippen LogP contribution in [0.5, 0.6) is 0 Å². The van der Waals surface area contributed by atoms with Gasteiger partial charge in [0.15, 0.2) is 5.01 Å². The number of benzene rings is 2. The van der Waals surface area contributed by atoms with Crippen molar-refractivity contribution in [2.75, 3.05) is 5.32 Å². The van der Waals surface area contributed by atoms with Crippen molar-refractivity contribution in [3.8, 4) is 10.6 Å². The van der Waals surface area contributed by atoms with Crippen LogP contribution in [0.25, 0.3) is 31.1 Å². The summed E-state index contributed by atoms with van der Waals surface area (Å²) in [6, 6.07) is 19.2. The first-order valence-corrected chi connectivity index (χ1v) is 9.88. The molecule has 5 rings (SSSR count). The fraction of sp³-hybridized carbons (Fsp3) is 0. The highest BCUT2D eigenvalue weighted by Crippen LogP contribution is 2.29. The standard InChI is InChI=1S/C20H12N4OS2/c25-17(20-23-14-4-1-2-6-16(14)26-20)22-13-9-7-12(8-10-13)18-24-15-5-3-11-21-19(15)27-18/h1-11H,(H,22,25). The van der Waals surface area contributed by atoms with Crippen LogP contribution in [-0.4, -0.2) is 20.9 Å². The number of hydrogen-bond donors (Lipinski definition) is 1. The Bertz CT molecular complexity index is 1210. The molecule has 0 unspecified atom stereocenters. The first kappa shape index (κ1) is 16.0. The van der Waals surface area contributed by atoms with Crippen LogP contribution in [0.3, 0.4) is 0 Å². The molecular formula is C20H12N4OS2. The first-order chi connectivity index (χ1) is 13.3. The number of carbonyl (C=O) groups excluding carboxylic acids is 1. The molecule has 3 heterocycles. The van der Waals surface area contributed by atoms with Gasteiger partial charge in [-0.3, -0.25) is 4.79 Å². The molecule has 0 spiro atoms. The topological polar surface area (TPSA) is 67.8 Å². The van der Waals surface area contributed by atoms with Gasteiger partial charge in [-0.2, -0.15) is 0 Å².